The van der Waals surface area contributed by atoms with Crippen molar-refractivity contribution in [2.45, 2.75) is 39.8 Å². The molecule has 1 aromatic carbocycles. The van der Waals surface area contributed by atoms with Gasteiger partial charge >= 0.3 is 0 Å². The number of anilines is 1. The second-order valence-corrected chi connectivity index (χ2v) is 6.70. The molecule has 7 nitrogen and oxygen atoms in total. The minimum Gasteiger partial charge on any atom is -0.490 e. The van der Waals surface area contributed by atoms with Crippen LogP contribution in [0, 0.1) is 0 Å². The molecule has 158 valence electrons. The SMILES string of the molecule is CCNC(=NCc1ccc(OC(C)C)nc1)Nc1ccc2c(c1)OCCCO2.I. The number of guanidine groups is 1. The van der Waals surface area contributed by atoms with Crippen LogP contribution in [0.25, 0.3) is 0 Å². The Morgan fingerprint density at radius 3 is 2.66 bits per heavy atom. The minimum atomic E-state index is 0. The van der Waals surface area contributed by atoms with Gasteiger partial charge in [-0.2, -0.15) is 0 Å². The van der Waals surface area contributed by atoms with E-state index in [0.29, 0.717) is 31.6 Å². The Hall–Kier alpha value is -2.23. The molecule has 1 aromatic heterocycles. The summed E-state index contributed by atoms with van der Waals surface area (Å²) in [5.41, 5.74) is 1.90. The molecule has 1 aliphatic rings. The van der Waals surface area contributed by atoms with Gasteiger partial charge in [-0.25, -0.2) is 9.98 Å². The first-order valence-electron chi connectivity index (χ1n) is 9.70. The molecular weight excluding hydrogens is 483 g/mol. The van der Waals surface area contributed by atoms with Crippen LogP contribution in [-0.4, -0.2) is 36.8 Å². The van der Waals surface area contributed by atoms with Gasteiger partial charge in [0.15, 0.2) is 17.5 Å². The quantitative estimate of drug-likeness (QED) is 0.343. The third-order valence-corrected chi connectivity index (χ3v) is 3.93. The second-order valence-electron chi connectivity index (χ2n) is 6.70. The average Bonchev–Trinajstić information content (AvgIpc) is 2.92. The molecule has 2 aromatic rings. The molecule has 2 heterocycles. The maximum Gasteiger partial charge on any atom is 0.213 e. The van der Waals surface area contributed by atoms with E-state index in [1.54, 1.807) is 6.20 Å². The van der Waals surface area contributed by atoms with Gasteiger partial charge in [0.05, 0.1) is 25.9 Å². The summed E-state index contributed by atoms with van der Waals surface area (Å²) >= 11 is 0. The summed E-state index contributed by atoms with van der Waals surface area (Å²) in [6, 6.07) is 9.66. The number of hydrogen-bond donors (Lipinski definition) is 2. The van der Waals surface area contributed by atoms with Gasteiger partial charge in [-0.05, 0) is 38.5 Å². The summed E-state index contributed by atoms with van der Waals surface area (Å²) in [5, 5.41) is 6.57. The Bertz CT molecular complexity index is 797. The molecular formula is C21H29IN4O3. The third-order valence-electron chi connectivity index (χ3n) is 3.93. The molecule has 0 atom stereocenters. The predicted octanol–water partition coefficient (Wildman–Crippen LogP) is 4.23. The zero-order valence-electron chi connectivity index (χ0n) is 17.1. The fourth-order valence-corrected chi connectivity index (χ4v) is 2.67. The van der Waals surface area contributed by atoms with E-state index in [-0.39, 0.29) is 30.1 Å². The fraction of sp³-hybridized carbons (Fsp3) is 0.429. The van der Waals surface area contributed by atoms with E-state index in [4.69, 9.17) is 14.2 Å². The van der Waals surface area contributed by atoms with Gasteiger partial charge in [0.25, 0.3) is 0 Å². The Labute approximate surface area is 189 Å². The van der Waals surface area contributed by atoms with E-state index in [1.165, 1.54) is 0 Å². The Balaban J connectivity index is 0.00000300. The summed E-state index contributed by atoms with van der Waals surface area (Å²) in [4.78, 5) is 8.96. The molecule has 8 heteroatoms. The first-order valence-corrected chi connectivity index (χ1v) is 9.70. The topological polar surface area (TPSA) is 77.0 Å². The molecule has 0 bridgehead atoms. The molecule has 0 saturated heterocycles. The van der Waals surface area contributed by atoms with E-state index in [0.717, 1.165) is 35.7 Å². The lowest BCUT2D eigenvalue weighted by atomic mass is 10.2. The molecule has 0 aliphatic carbocycles. The highest BCUT2D eigenvalue weighted by Gasteiger charge is 2.11. The van der Waals surface area contributed by atoms with Crippen molar-refractivity contribution in [2.75, 3.05) is 25.1 Å². The van der Waals surface area contributed by atoms with Crippen LogP contribution >= 0.6 is 24.0 Å². The van der Waals surface area contributed by atoms with E-state index in [9.17, 15) is 0 Å². The number of aromatic nitrogens is 1. The standard InChI is InChI=1S/C21H28N4O3.HI/c1-4-22-21(24-14-16-6-9-20(23-13-16)28-15(2)3)25-17-7-8-18-19(12-17)27-11-5-10-26-18;/h6-9,12-13,15H,4-5,10-11,14H2,1-3H3,(H2,22,24,25);1H. The summed E-state index contributed by atoms with van der Waals surface area (Å²) in [6.45, 7) is 8.60. The van der Waals surface area contributed by atoms with Gasteiger partial charge < -0.3 is 24.8 Å². The van der Waals surface area contributed by atoms with Crippen molar-refractivity contribution in [2.24, 2.45) is 4.99 Å². The Morgan fingerprint density at radius 1 is 1.17 bits per heavy atom. The van der Waals surface area contributed by atoms with E-state index in [2.05, 4.69) is 20.6 Å². The lowest BCUT2D eigenvalue weighted by molar-refractivity contribution is 0.232. The number of hydrogen-bond acceptors (Lipinski definition) is 5. The van der Waals surface area contributed by atoms with Crippen LogP contribution in [-0.2, 0) is 6.54 Å². The number of ether oxygens (including phenoxy) is 3. The van der Waals surface area contributed by atoms with Crippen LogP contribution in [0.5, 0.6) is 17.4 Å². The van der Waals surface area contributed by atoms with Crippen molar-refractivity contribution in [1.82, 2.24) is 10.3 Å². The van der Waals surface area contributed by atoms with E-state index >= 15 is 0 Å². The normalized spacial score (nSPS) is 13.3. The zero-order valence-corrected chi connectivity index (χ0v) is 19.4. The lowest BCUT2D eigenvalue weighted by Crippen LogP contribution is -2.30. The number of aliphatic imine (C=N–C) groups is 1. The van der Waals surface area contributed by atoms with Crippen molar-refractivity contribution in [3.05, 3.63) is 42.1 Å². The first-order chi connectivity index (χ1) is 13.6. The van der Waals surface area contributed by atoms with Crippen LogP contribution < -0.4 is 24.8 Å². The lowest BCUT2D eigenvalue weighted by Gasteiger charge is -2.14. The van der Waals surface area contributed by atoms with Crippen LogP contribution in [0.15, 0.2) is 41.5 Å². The van der Waals surface area contributed by atoms with Gasteiger partial charge in [0.1, 0.15) is 0 Å². The van der Waals surface area contributed by atoms with Crippen molar-refractivity contribution in [3.8, 4) is 17.4 Å². The monoisotopic (exact) mass is 512 g/mol. The molecule has 0 unspecified atom stereocenters. The summed E-state index contributed by atoms with van der Waals surface area (Å²) in [5.74, 6) is 2.85. The molecule has 0 radical (unpaired) electrons. The van der Waals surface area contributed by atoms with E-state index < -0.39 is 0 Å². The molecule has 2 N–H and O–H groups in total. The van der Waals surface area contributed by atoms with Crippen LogP contribution in [0.1, 0.15) is 32.8 Å². The first kappa shape index (κ1) is 23.1. The smallest absolute Gasteiger partial charge is 0.213 e. The molecule has 29 heavy (non-hydrogen) atoms. The third kappa shape index (κ3) is 7.26. The van der Waals surface area contributed by atoms with Crippen molar-refractivity contribution < 1.29 is 14.2 Å². The van der Waals surface area contributed by atoms with Crippen LogP contribution in [0.4, 0.5) is 5.69 Å². The number of halogens is 1. The van der Waals surface area contributed by atoms with Crippen molar-refractivity contribution >= 4 is 35.6 Å². The van der Waals surface area contributed by atoms with Crippen LogP contribution in [0.2, 0.25) is 0 Å². The minimum absolute atomic E-state index is 0. The number of nitrogens with one attached hydrogen (secondary N) is 2. The number of fused-ring (bicyclic) bond motifs is 1. The summed E-state index contributed by atoms with van der Waals surface area (Å²) in [6.07, 6.45) is 2.78. The highest BCUT2D eigenvalue weighted by Crippen LogP contribution is 2.32. The molecule has 0 spiro atoms. The van der Waals surface area contributed by atoms with Gasteiger partial charge in [-0.15, -0.1) is 24.0 Å². The molecule has 1 aliphatic heterocycles. The molecule has 0 amide bonds. The van der Waals surface area contributed by atoms with Gasteiger partial charge in [-0.1, -0.05) is 6.07 Å². The van der Waals surface area contributed by atoms with Crippen LogP contribution in [0.3, 0.4) is 0 Å². The van der Waals surface area contributed by atoms with E-state index in [1.807, 2.05) is 51.1 Å². The average molecular weight is 512 g/mol. The highest BCUT2D eigenvalue weighted by atomic mass is 127. The maximum atomic E-state index is 5.75. The number of nitrogens with zero attached hydrogens (tertiary/aromatic N) is 2. The highest BCUT2D eigenvalue weighted by molar-refractivity contribution is 14.0. The largest absolute Gasteiger partial charge is 0.490 e. The number of benzene rings is 1. The Kier molecular flexibility index (Phi) is 9.30. The maximum absolute atomic E-state index is 5.75. The predicted molar refractivity (Wildman–Crippen MR) is 126 cm³/mol. The van der Waals surface area contributed by atoms with Gasteiger partial charge in [0, 0.05) is 37.0 Å². The van der Waals surface area contributed by atoms with Crippen molar-refractivity contribution in [1.29, 1.82) is 0 Å². The summed E-state index contributed by atoms with van der Waals surface area (Å²) in [7, 11) is 0. The summed E-state index contributed by atoms with van der Waals surface area (Å²) < 4.78 is 17.0. The van der Waals surface area contributed by atoms with Gasteiger partial charge in [-0.3, -0.25) is 0 Å². The fourth-order valence-electron chi connectivity index (χ4n) is 2.67. The van der Waals surface area contributed by atoms with Crippen molar-refractivity contribution in [3.63, 3.8) is 0 Å². The molecule has 0 saturated carbocycles. The molecule has 0 fully saturated rings. The number of pyridine rings is 1. The molecule has 3 rings (SSSR count). The number of rotatable bonds is 6. The zero-order chi connectivity index (χ0) is 19.8. The van der Waals surface area contributed by atoms with Gasteiger partial charge in [0.2, 0.25) is 5.88 Å². The second kappa shape index (κ2) is 11.7. The Morgan fingerprint density at radius 2 is 1.97 bits per heavy atom.